The smallest absolute Gasteiger partial charge is 0.241 e. The van der Waals surface area contributed by atoms with Gasteiger partial charge in [0, 0.05) is 28.2 Å². The van der Waals surface area contributed by atoms with E-state index in [2.05, 4.69) is 193 Å². The van der Waals surface area contributed by atoms with E-state index in [4.69, 9.17) is 29.9 Å². The molecule has 0 radical (unpaired) electrons. The van der Waals surface area contributed by atoms with Gasteiger partial charge in [-0.05, 0) is 143 Å². The summed E-state index contributed by atoms with van der Waals surface area (Å²) in [5.74, 6) is 2.73. The zero-order valence-corrected chi connectivity index (χ0v) is 43.5. The molecule has 2 heterocycles. The molecule has 0 N–H and O–H groups in total. The third-order valence-corrected chi connectivity index (χ3v) is 14.5. The topological polar surface area (TPSA) is 80.6 Å². The van der Waals surface area contributed by atoms with Gasteiger partial charge in [-0.2, -0.15) is 19.9 Å². The maximum atomic E-state index is 5.54. The number of hydrogen-bond donors (Lipinski definition) is 0. The molecule has 0 aliphatic heterocycles. The summed E-state index contributed by atoms with van der Waals surface area (Å²) in [7, 11) is 0. The molecule has 0 amide bonds. The van der Waals surface area contributed by atoms with Crippen LogP contribution in [0.2, 0.25) is 0 Å². The molecule has 2 aromatic heterocycles. The van der Waals surface area contributed by atoms with Crippen molar-refractivity contribution in [3.8, 4) is 56.7 Å². The molecule has 0 atom stereocenters. The van der Waals surface area contributed by atoms with Crippen molar-refractivity contribution in [1.82, 2.24) is 29.9 Å². The summed E-state index contributed by atoms with van der Waals surface area (Å²) in [6.45, 7) is 13.3. The van der Waals surface area contributed by atoms with E-state index in [0.717, 1.165) is 66.2 Å². The van der Waals surface area contributed by atoms with Gasteiger partial charge >= 0.3 is 0 Å². The highest BCUT2D eigenvalue weighted by molar-refractivity contribution is 5.96. The fourth-order valence-electron chi connectivity index (χ4n) is 11.1. The minimum atomic E-state index is -0.0390. The summed E-state index contributed by atoms with van der Waals surface area (Å²) >= 11 is 0. The summed E-state index contributed by atoms with van der Waals surface area (Å²) in [6.07, 6.45) is 0. The van der Waals surface area contributed by atoms with Crippen molar-refractivity contribution >= 4 is 39.1 Å². The highest BCUT2D eigenvalue weighted by atomic mass is 15.4. The van der Waals surface area contributed by atoms with Crippen molar-refractivity contribution in [2.45, 2.75) is 47.5 Å². The number of aromatic nitrogens is 6. The number of rotatable bonds is 11. The molecule has 0 saturated heterocycles. The molecule has 7 nitrogen and oxygen atoms in total. The average molecular weight is 982 g/mol. The van der Waals surface area contributed by atoms with E-state index in [-0.39, 0.29) is 5.92 Å². The molecule has 366 valence electrons. The van der Waals surface area contributed by atoms with Crippen LogP contribution in [-0.4, -0.2) is 29.9 Å². The molecule has 0 spiro atoms. The van der Waals surface area contributed by atoms with Gasteiger partial charge in [0.2, 0.25) is 11.9 Å². The maximum Gasteiger partial charge on any atom is 0.241 e. The highest BCUT2D eigenvalue weighted by Gasteiger charge is 2.28. The van der Waals surface area contributed by atoms with E-state index >= 15 is 0 Å². The lowest BCUT2D eigenvalue weighted by Gasteiger charge is -2.28. The first-order chi connectivity index (χ1) is 37.1. The first-order valence-corrected chi connectivity index (χ1v) is 25.9. The van der Waals surface area contributed by atoms with E-state index in [1.54, 1.807) is 0 Å². The van der Waals surface area contributed by atoms with Gasteiger partial charge in [-0.15, -0.1) is 0 Å². The van der Waals surface area contributed by atoms with E-state index in [1.165, 1.54) is 44.5 Å². The molecule has 12 rings (SSSR count). The van der Waals surface area contributed by atoms with Gasteiger partial charge in [-0.3, -0.25) is 0 Å². The normalized spacial score (nSPS) is 11.4. The van der Waals surface area contributed by atoms with Gasteiger partial charge < -0.3 is 0 Å². The molecule has 12 aromatic rings. The van der Waals surface area contributed by atoms with Gasteiger partial charge in [0.25, 0.3) is 0 Å². The Labute approximate surface area is 444 Å². The number of fused-ring (bicyclic) bond motifs is 2. The van der Waals surface area contributed by atoms with Crippen LogP contribution in [0.25, 0.3) is 78.2 Å². The largest absolute Gasteiger partial charge is 0.246 e. The van der Waals surface area contributed by atoms with E-state index in [1.807, 2.05) is 71.6 Å². The van der Waals surface area contributed by atoms with Crippen LogP contribution in [0.5, 0.6) is 0 Å². The molecule has 0 aliphatic rings. The van der Waals surface area contributed by atoms with Gasteiger partial charge in [-0.25, -0.2) is 14.9 Å². The van der Waals surface area contributed by atoms with Gasteiger partial charge in [-0.1, -0.05) is 199 Å². The number of anilines is 3. The van der Waals surface area contributed by atoms with Crippen LogP contribution in [0.15, 0.2) is 218 Å². The highest BCUT2D eigenvalue weighted by Crippen LogP contribution is 2.43. The second kappa shape index (κ2) is 20.1. The minimum absolute atomic E-state index is 0.0390. The molecular formula is C69H55N7. The number of hydrogen-bond acceptors (Lipinski definition) is 7. The SMILES string of the molecule is Cc1cc(C)c(C(c2ccc(N(c3nc(-c4ccccc4)nc(-c4ccc5ccccc5c4)n3)c3nc(-c4ccccc4)nc(-c4cc5ccccc5cc4-c4ccccc4)n3)cc2)c2c(C)cc(C)cc2C)c(C)c1. The molecule has 0 aliphatic carbocycles. The lowest BCUT2D eigenvalue weighted by Crippen LogP contribution is -2.19. The van der Waals surface area contributed by atoms with E-state index in [0.29, 0.717) is 35.2 Å². The monoisotopic (exact) mass is 981 g/mol. The summed E-state index contributed by atoms with van der Waals surface area (Å²) in [5, 5.41) is 4.41. The van der Waals surface area contributed by atoms with Crippen LogP contribution in [-0.2, 0) is 0 Å². The van der Waals surface area contributed by atoms with Crippen molar-refractivity contribution in [3.05, 3.63) is 268 Å². The van der Waals surface area contributed by atoms with Gasteiger partial charge in [0.15, 0.2) is 23.3 Å². The van der Waals surface area contributed by atoms with Crippen molar-refractivity contribution in [3.63, 3.8) is 0 Å². The first kappa shape index (κ1) is 47.5. The second-order valence-electron chi connectivity index (χ2n) is 20.0. The third kappa shape index (κ3) is 9.28. The maximum absolute atomic E-state index is 5.54. The predicted molar refractivity (Wildman–Crippen MR) is 312 cm³/mol. The van der Waals surface area contributed by atoms with Crippen LogP contribution in [0, 0.1) is 41.5 Å². The minimum Gasteiger partial charge on any atom is -0.246 e. The van der Waals surface area contributed by atoms with Crippen LogP contribution >= 0.6 is 0 Å². The van der Waals surface area contributed by atoms with Crippen molar-refractivity contribution in [2.75, 3.05) is 4.90 Å². The number of benzene rings is 10. The van der Waals surface area contributed by atoms with Crippen molar-refractivity contribution < 1.29 is 0 Å². The summed E-state index contributed by atoms with van der Waals surface area (Å²) < 4.78 is 0. The Hall–Kier alpha value is -9.46. The van der Waals surface area contributed by atoms with E-state index < -0.39 is 0 Å². The quantitative estimate of drug-likeness (QED) is 0.119. The fourth-order valence-corrected chi connectivity index (χ4v) is 11.1. The zero-order chi connectivity index (χ0) is 51.9. The Morgan fingerprint density at radius 2 is 0.697 bits per heavy atom. The van der Waals surface area contributed by atoms with Gasteiger partial charge in [0.1, 0.15) is 0 Å². The molecule has 10 aromatic carbocycles. The number of aryl methyl sites for hydroxylation is 6. The fraction of sp³-hybridized carbons (Fsp3) is 0.101. The van der Waals surface area contributed by atoms with Crippen LogP contribution < -0.4 is 4.90 Å². The molecule has 76 heavy (non-hydrogen) atoms. The van der Waals surface area contributed by atoms with Crippen molar-refractivity contribution in [2.24, 2.45) is 0 Å². The zero-order valence-electron chi connectivity index (χ0n) is 43.5. The first-order valence-electron chi connectivity index (χ1n) is 25.9. The lowest BCUT2D eigenvalue weighted by molar-refractivity contribution is 0.917. The number of nitrogens with zero attached hydrogens (tertiary/aromatic N) is 7. The molecular weight excluding hydrogens is 927 g/mol. The summed E-state index contributed by atoms with van der Waals surface area (Å²) in [4.78, 5) is 34.3. The van der Waals surface area contributed by atoms with Crippen molar-refractivity contribution in [1.29, 1.82) is 0 Å². The lowest BCUT2D eigenvalue weighted by atomic mass is 9.77. The molecule has 0 fully saturated rings. The molecule has 7 heteroatoms. The Balaban J connectivity index is 1.13. The average Bonchev–Trinajstić information content (AvgIpc) is 3.51. The Morgan fingerprint density at radius 1 is 0.303 bits per heavy atom. The molecule has 0 saturated carbocycles. The Kier molecular flexibility index (Phi) is 12.6. The van der Waals surface area contributed by atoms with Gasteiger partial charge in [0.05, 0.1) is 5.69 Å². The molecule has 0 unspecified atom stereocenters. The third-order valence-electron chi connectivity index (χ3n) is 14.5. The Bertz CT molecular complexity index is 4020. The summed E-state index contributed by atoms with van der Waals surface area (Å²) in [5.41, 5.74) is 17.6. The predicted octanol–water partition coefficient (Wildman–Crippen LogP) is 17.2. The summed E-state index contributed by atoms with van der Waals surface area (Å²) in [6, 6.07) is 76.3. The standard InChI is InChI=1S/C69H55N7/c1-43-36-45(3)61(46(4)37-43)63(62-47(5)38-44(2)39-48(62)6)51-32-34-58(35-33-51)76(68-72-64(52-23-12-8-13-24-52)70-66(74-68)57-31-30-49-20-16-17-27-54(49)40-57)69-73-65(53-25-14-9-15-26-53)71-67(75-69)60-42-56-29-19-18-28-55(56)41-59(60)50-21-10-7-11-22-50/h7-42,63H,1-6H3. The van der Waals surface area contributed by atoms with Crippen LogP contribution in [0.4, 0.5) is 17.6 Å². The van der Waals surface area contributed by atoms with E-state index in [9.17, 15) is 0 Å². The second-order valence-corrected chi connectivity index (χ2v) is 20.0. The Morgan fingerprint density at radius 3 is 1.20 bits per heavy atom. The van der Waals surface area contributed by atoms with Crippen LogP contribution in [0.3, 0.4) is 0 Å². The van der Waals surface area contributed by atoms with Crippen LogP contribution in [0.1, 0.15) is 56.0 Å². The molecule has 0 bridgehead atoms.